The first-order chi connectivity index (χ1) is 16.6. The van der Waals surface area contributed by atoms with Crippen LogP contribution in [0.1, 0.15) is 44.9 Å². The summed E-state index contributed by atoms with van der Waals surface area (Å²) in [5.41, 5.74) is 23.0. The van der Waals surface area contributed by atoms with Crippen molar-refractivity contribution in [1.82, 2.24) is 0 Å². The van der Waals surface area contributed by atoms with Gasteiger partial charge >= 0.3 is 0 Å². The number of hydroxylamine groups is 4. The maximum absolute atomic E-state index is 12.9. The van der Waals surface area contributed by atoms with Crippen LogP contribution in [0.25, 0.3) is 0 Å². The lowest BCUT2D eigenvalue weighted by atomic mass is 9.91. The number of hydrogen-bond acceptors (Lipinski definition) is 10. The fourth-order valence-corrected chi connectivity index (χ4v) is 5.48. The van der Waals surface area contributed by atoms with E-state index in [-0.39, 0.29) is 48.4 Å². The Morgan fingerprint density at radius 2 is 1.00 bits per heavy atom. The fourth-order valence-electron chi connectivity index (χ4n) is 5.48. The van der Waals surface area contributed by atoms with Gasteiger partial charge in [-0.1, -0.05) is 19.3 Å². The summed E-state index contributed by atoms with van der Waals surface area (Å²) < 4.78 is 23.2. The van der Waals surface area contributed by atoms with E-state index in [0.717, 1.165) is 44.9 Å². The summed E-state index contributed by atoms with van der Waals surface area (Å²) in [5.74, 6) is 1.88. The molecule has 0 spiro atoms. The molecule has 0 aromatic rings. The predicted molar refractivity (Wildman–Crippen MR) is 124 cm³/mol. The van der Waals surface area contributed by atoms with Crippen molar-refractivity contribution >= 4 is 0 Å². The first-order valence-electron chi connectivity index (χ1n) is 12.3. The summed E-state index contributed by atoms with van der Waals surface area (Å²) in [6.07, 6.45) is 8.94. The Morgan fingerprint density at radius 3 is 1.43 bits per heavy atom. The molecule has 5 rings (SSSR count). The predicted octanol–water partition coefficient (Wildman–Crippen LogP) is -1.82. The smallest absolute Gasteiger partial charge is 0.225 e. The van der Waals surface area contributed by atoms with Gasteiger partial charge in [0, 0.05) is 11.8 Å². The lowest BCUT2D eigenvalue weighted by Crippen LogP contribution is -3.00. The van der Waals surface area contributed by atoms with Crippen LogP contribution in [0.2, 0.25) is 0 Å². The third-order valence-electron chi connectivity index (χ3n) is 7.23. The van der Waals surface area contributed by atoms with Crippen LogP contribution in [-0.4, -0.2) is 37.8 Å². The van der Waals surface area contributed by atoms with E-state index >= 15 is 0 Å². The van der Waals surface area contributed by atoms with Crippen molar-refractivity contribution in [3.63, 3.8) is 0 Å². The van der Waals surface area contributed by atoms with Gasteiger partial charge < -0.3 is 62.4 Å². The highest BCUT2D eigenvalue weighted by molar-refractivity contribution is 5.30. The molecular weight excluding hydrogens is 456 g/mol. The van der Waals surface area contributed by atoms with Gasteiger partial charge in [-0.3, -0.25) is 0 Å². The van der Waals surface area contributed by atoms with Gasteiger partial charge in [-0.05, 0) is 25.7 Å². The summed E-state index contributed by atoms with van der Waals surface area (Å²) in [7, 11) is 0. The fraction of sp³-hybridized carbons (Fsp3) is 0.652. The summed E-state index contributed by atoms with van der Waals surface area (Å²) >= 11 is 0. The highest BCUT2D eigenvalue weighted by Crippen LogP contribution is 2.36. The van der Waals surface area contributed by atoms with Gasteiger partial charge in [-0.15, -0.1) is 0 Å². The first kappa shape index (κ1) is 24.5. The van der Waals surface area contributed by atoms with E-state index in [2.05, 4.69) is 0 Å². The summed E-state index contributed by atoms with van der Waals surface area (Å²) in [6, 6.07) is 0. The van der Waals surface area contributed by atoms with E-state index in [0.29, 0.717) is 34.4 Å². The molecule has 0 radical (unpaired) electrons. The summed E-state index contributed by atoms with van der Waals surface area (Å²) in [6.45, 7) is 0.319. The zero-order chi connectivity index (χ0) is 24.8. The van der Waals surface area contributed by atoms with E-state index in [1.807, 2.05) is 0 Å². The van der Waals surface area contributed by atoms with Crippen molar-refractivity contribution in [3.05, 3.63) is 57.2 Å². The molecule has 10 N–H and O–H groups in total. The average molecular weight is 493 g/mol. The normalized spacial score (nSPS) is 34.8. The molecule has 35 heavy (non-hydrogen) atoms. The molecule has 3 fully saturated rings. The molecular formula is C23H36N6O6. The van der Waals surface area contributed by atoms with Crippen molar-refractivity contribution in [2.75, 3.05) is 26.4 Å². The van der Waals surface area contributed by atoms with Gasteiger partial charge in [0.25, 0.3) is 0 Å². The molecule has 4 aliphatic heterocycles. The molecule has 0 aromatic heterocycles. The van der Waals surface area contributed by atoms with Crippen molar-refractivity contribution in [3.8, 4) is 0 Å². The first-order valence-corrected chi connectivity index (χ1v) is 12.3. The van der Waals surface area contributed by atoms with Crippen LogP contribution in [0.5, 0.6) is 0 Å². The minimum atomic E-state index is -1.11. The molecule has 0 amide bonds. The number of quaternary nitrogens is 2. The second kappa shape index (κ2) is 9.37. The van der Waals surface area contributed by atoms with Crippen LogP contribution in [0.4, 0.5) is 0 Å². The summed E-state index contributed by atoms with van der Waals surface area (Å²) in [5, 5.41) is 25.6. The highest BCUT2D eigenvalue weighted by Gasteiger charge is 2.41. The third kappa shape index (κ3) is 5.06. The SMILES string of the molecule is NC1(N)COC2=C[NH+]([O-])C(C3CCCCC(C4=C5OCC(N)(N)COC5=C[NH+]4[O-])CCC3)=C2OC1. The molecule has 12 heteroatoms. The Hall–Kier alpha value is -2.16. The molecule has 0 aromatic carbocycles. The zero-order valence-electron chi connectivity index (χ0n) is 19.8. The maximum Gasteiger partial charge on any atom is 0.225 e. The molecule has 0 bridgehead atoms. The van der Waals surface area contributed by atoms with Gasteiger partial charge in [-0.25, -0.2) is 0 Å². The third-order valence-corrected chi connectivity index (χ3v) is 7.23. The Bertz CT molecular complexity index is 898. The molecule has 1 saturated carbocycles. The Kier molecular flexibility index (Phi) is 6.57. The highest BCUT2D eigenvalue weighted by atomic mass is 16.6. The molecule has 194 valence electrons. The molecule has 2 saturated heterocycles. The quantitative estimate of drug-likeness (QED) is 0.189. The number of ether oxygens (including phenoxy) is 4. The molecule has 4 unspecified atom stereocenters. The van der Waals surface area contributed by atoms with E-state index in [1.165, 1.54) is 12.4 Å². The molecule has 12 nitrogen and oxygen atoms in total. The van der Waals surface area contributed by atoms with Crippen molar-refractivity contribution in [2.24, 2.45) is 34.8 Å². The monoisotopic (exact) mass is 492 g/mol. The molecule has 4 atom stereocenters. The van der Waals surface area contributed by atoms with Crippen LogP contribution in [0, 0.1) is 22.3 Å². The number of allylic oxidation sites excluding steroid dienone is 2. The van der Waals surface area contributed by atoms with Gasteiger partial charge in [0.15, 0.2) is 11.4 Å². The minimum absolute atomic E-state index is 0.0369. The minimum Gasteiger partial charge on any atom is -0.624 e. The largest absolute Gasteiger partial charge is 0.624 e. The number of nitrogens with two attached hydrogens (primary N) is 4. The Balaban J connectivity index is 1.31. The maximum atomic E-state index is 12.9. The lowest BCUT2D eigenvalue weighted by molar-refractivity contribution is -0.750. The van der Waals surface area contributed by atoms with Gasteiger partial charge in [0.1, 0.15) is 50.2 Å². The number of fused-ring (bicyclic) bond motifs is 2. The van der Waals surface area contributed by atoms with Crippen LogP contribution < -0.4 is 33.1 Å². The van der Waals surface area contributed by atoms with Crippen molar-refractivity contribution < 1.29 is 29.1 Å². The van der Waals surface area contributed by atoms with Crippen LogP contribution in [0.3, 0.4) is 0 Å². The number of nitrogens with one attached hydrogen (secondary N) is 2. The van der Waals surface area contributed by atoms with Gasteiger partial charge in [0.05, 0.1) is 0 Å². The van der Waals surface area contributed by atoms with Crippen molar-refractivity contribution in [1.29, 1.82) is 0 Å². The topological polar surface area (TPSA) is 196 Å². The van der Waals surface area contributed by atoms with Gasteiger partial charge in [0.2, 0.25) is 23.0 Å². The zero-order valence-corrected chi connectivity index (χ0v) is 19.8. The average Bonchev–Trinajstić information content (AvgIpc) is 3.22. The van der Waals surface area contributed by atoms with Crippen LogP contribution in [-0.2, 0) is 18.9 Å². The standard InChI is InChI=1S/C23H36N6O6/c24-22(25)10-32-16-8-28(30)18(20(16)34-12-22)14-4-1-2-5-15(7-3-6-14)19-21-17(9-29(19)31)33-11-23(26,27)13-35-21/h8-9,14-15,28-29H,1-7,10-13,24-27H2. The van der Waals surface area contributed by atoms with E-state index in [1.54, 1.807) is 0 Å². The second-order valence-electron chi connectivity index (χ2n) is 10.5. The van der Waals surface area contributed by atoms with E-state index in [9.17, 15) is 10.4 Å². The number of hydrogen-bond donors (Lipinski definition) is 6. The Labute approximate surface area is 204 Å². The van der Waals surface area contributed by atoms with Crippen molar-refractivity contribution in [2.45, 2.75) is 56.3 Å². The van der Waals surface area contributed by atoms with Gasteiger partial charge in [-0.2, -0.15) is 0 Å². The lowest BCUT2D eigenvalue weighted by Gasteiger charge is -2.26. The number of rotatable bonds is 2. The van der Waals surface area contributed by atoms with E-state index < -0.39 is 11.3 Å². The van der Waals surface area contributed by atoms with Crippen LogP contribution in [0.15, 0.2) is 46.8 Å². The molecule has 5 aliphatic rings. The van der Waals surface area contributed by atoms with E-state index in [4.69, 9.17) is 41.9 Å². The molecule has 4 heterocycles. The summed E-state index contributed by atoms with van der Waals surface area (Å²) in [4.78, 5) is 0. The molecule has 1 aliphatic carbocycles. The Morgan fingerprint density at radius 1 is 0.629 bits per heavy atom. The van der Waals surface area contributed by atoms with Crippen LogP contribution >= 0.6 is 0 Å². The second-order valence-corrected chi connectivity index (χ2v) is 10.5.